The van der Waals surface area contributed by atoms with Crippen molar-refractivity contribution in [3.8, 4) is 11.5 Å². The highest BCUT2D eigenvalue weighted by Gasteiger charge is 2.23. The number of thioether (sulfide) groups is 1. The van der Waals surface area contributed by atoms with E-state index in [0.717, 1.165) is 17.3 Å². The van der Waals surface area contributed by atoms with Gasteiger partial charge in [-0.25, -0.2) is 9.79 Å². The molecule has 0 saturated carbocycles. The molecule has 0 bridgehead atoms. The van der Waals surface area contributed by atoms with Crippen molar-refractivity contribution in [2.75, 3.05) is 14.2 Å². The summed E-state index contributed by atoms with van der Waals surface area (Å²) in [6, 6.07) is 11.5. The van der Waals surface area contributed by atoms with Gasteiger partial charge in [0.1, 0.15) is 5.84 Å². The molecule has 3 rings (SSSR count). The van der Waals surface area contributed by atoms with Crippen LogP contribution in [0.2, 0.25) is 0 Å². The molecule has 0 radical (unpaired) electrons. The summed E-state index contributed by atoms with van der Waals surface area (Å²) >= 11 is 1.03. The number of benzene rings is 2. The number of carbonyl (C=O) groups excluding carboxylic acids is 1. The van der Waals surface area contributed by atoms with Crippen molar-refractivity contribution in [1.29, 1.82) is 0 Å². The lowest BCUT2D eigenvalue weighted by Gasteiger charge is -2.08. The molecule has 1 aliphatic rings. The van der Waals surface area contributed by atoms with E-state index in [1.54, 1.807) is 38.5 Å². The normalized spacial score (nSPS) is 16.4. The Morgan fingerprint density at radius 3 is 2.44 bits per heavy atom. The highest BCUT2D eigenvalue weighted by molar-refractivity contribution is 8.18. The first-order valence-corrected chi connectivity index (χ1v) is 8.67. The number of carbonyl (C=O) groups is 2. The molecule has 1 amide bonds. The number of carboxylic acids is 1. The largest absolute Gasteiger partial charge is 0.493 e. The summed E-state index contributed by atoms with van der Waals surface area (Å²) in [7, 11) is 3.11. The molecule has 27 heavy (non-hydrogen) atoms. The SMILES string of the molecule is COc1ccc(/C=C2\SC(=O)NC2=Nc2ccc(C(=O)O)cc2)cc1OC. The summed E-state index contributed by atoms with van der Waals surface area (Å²) in [6.45, 7) is 0. The van der Waals surface area contributed by atoms with Crippen LogP contribution < -0.4 is 14.8 Å². The number of amidine groups is 1. The van der Waals surface area contributed by atoms with Crippen LogP contribution in [0, 0.1) is 0 Å². The van der Waals surface area contributed by atoms with Gasteiger partial charge in [-0.15, -0.1) is 0 Å². The van der Waals surface area contributed by atoms with Crippen molar-refractivity contribution in [2.45, 2.75) is 0 Å². The molecule has 0 aliphatic carbocycles. The predicted molar refractivity (Wildman–Crippen MR) is 104 cm³/mol. The van der Waals surface area contributed by atoms with Crippen LogP contribution in [-0.4, -0.2) is 36.4 Å². The second-order valence-corrected chi connectivity index (χ2v) is 6.46. The Morgan fingerprint density at radius 1 is 1.11 bits per heavy atom. The third kappa shape index (κ3) is 4.29. The topological polar surface area (TPSA) is 97.2 Å². The summed E-state index contributed by atoms with van der Waals surface area (Å²) < 4.78 is 10.5. The Balaban J connectivity index is 1.93. The molecule has 8 heteroatoms. The number of hydrogen-bond donors (Lipinski definition) is 2. The van der Waals surface area contributed by atoms with Crippen LogP contribution in [0.15, 0.2) is 52.4 Å². The van der Waals surface area contributed by atoms with Gasteiger partial charge < -0.3 is 19.9 Å². The molecule has 2 aromatic carbocycles. The van der Waals surface area contributed by atoms with Gasteiger partial charge in [0, 0.05) is 0 Å². The molecule has 1 fully saturated rings. The minimum atomic E-state index is -1.01. The minimum absolute atomic E-state index is 0.171. The predicted octanol–water partition coefficient (Wildman–Crippen LogP) is 3.93. The van der Waals surface area contributed by atoms with Crippen LogP contribution in [0.5, 0.6) is 11.5 Å². The summed E-state index contributed by atoms with van der Waals surface area (Å²) in [4.78, 5) is 27.8. The first-order valence-electron chi connectivity index (χ1n) is 7.85. The lowest BCUT2D eigenvalue weighted by Crippen LogP contribution is -2.18. The number of aliphatic imine (C=N–C) groups is 1. The Labute approximate surface area is 159 Å². The number of ether oxygens (including phenoxy) is 2. The van der Waals surface area contributed by atoms with Gasteiger partial charge in [-0.2, -0.15) is 0 Å². The fraction of sp³-hybridized carbons (Fsp3) is 0.105. The van der Waals surface area contributed by atoms with E-state index in [1.165, 1.54) is 12.1 Å². The first kappa shape index (κ1) is 18.5. The number of carboxylic acid groups (broad SMARTS) is 1. The summed E-state index contributed by atoms with van der Waals surface area (Å²) in [5, 5.41) is 11.4. The number of rotatable bonds is 5. The highest BCUT2D eigenvalue weighted by atomic mass is 32.2. The third-order valence-electron chi connectivity index (χ3n) is 3.72. The molecule has 0 unspecified atom stereocenters. The van der Waals surface area contributed by atoms with Gasteiger partial charge in [0.2, 0.25) is 0 Å². The highest BCUT2D eigenvalue weighted by Crippen LogP contribution is 2.32. The van der Waals surface area contributed by atoms with Crippen molar-refractivity contribution in [2.24, 2.45) is 4.99 Å². The number of nitrogens with zero attached hydrogens (tertiary/aromatic N) is 1. The van der Waals surface area contributed by atoms with Crippen LogP contribution >= 0.6 is 11.8 Å². The van der Waals surface area contributed by atoms with Gasteiger partial charge in [0.15, 0.2) is 11.5 Å². The van der Waals surface area contributed by atoms with Crippen LogP contribution in [0.3, 0.4) is 0 Å². The molecular weight excluding hydrogens is 368 g/mol. The van der Waals surface area contributed by atoms with Gasteiger partial charge >= 0.3 is 5.97 Å². The van der Waals surface area contributed by atoms with Gasteiger partial charge in [0.25, 0.3) is 5.24 Å². The zero-order valence-electron chi connectivity index (χ0n) is 14.6. The molecule has 0 aromatic heterocycles. The number of aromatic carboxylic acids is 1. The summed E-state index contributed by atoms with van der Waals surface area (Å²) in [5.41, 5.74) is 1.53. The lowest BCUT2D eigenvalue weighted by molar-refractivity contribution is 0.0697. The van der Waals surface area contributed by atoms with Crippen LogP contribution in [-0.2, 0) is 0 Å². The number of amides is 1. The van der Waals surface area contributed by atoms with E-state index < -0.39 is 5.97 Å². The van der Waals surface area contributed by atoms with E-state index >= 15 is 0 Å². The molecule has 2 aromatic rings. The van der Waals surface area contributed by atoms with E-state index in [4.69, 9.17) is 14.6 Å². The summed E-state index contributed by atoms with van der Waals surface area (Å²) in [6.07, 6.45) is 1.81. The molecule has 1 heterocycles. The molecule has 138 valence electrons. The van der Waals surface area contributed by atoms with Gasteiger partial charge in [0.05, 0.1) is 30.4 Å². The monoisotopic (exact) mass is 384 g/mol. The van der Waals surface area contributed by atoms with Crippen molar-refractivity contribution in [3.63, 3.8) is 0 Å². The maximum Gasteiger partial charge on any atom is 0.335 e. The maximum absolute atomic E-state index is 11.8. The molecular formula is C19H16N2O5S. The lowest BCUT2D eigenvalue weighted by atomic mass is 10.2. The standard InChI is InChI=1S/C19H16N2O5S/c1-25-14-8-3-11(9-15(14)26-2)10-16-17(21-19(24)27-16)20-13-6-4-12(5-7-13)18(22)23/h3-10H,1-2H3,(H,22,23)(H,20,21,24)/b16-10-. The number of methoxy groups -OCH3 is 2. The molecule has 1 saturated heterocycles. The van der Waals surface area contributed by atoms with Gasteiger partial charge in [-0.3, -0.25) is 4.79 Å². The van der Waals surface area contributed by atoms with E-state index in [-0.39, 0.29) is 10.8 Å². The third-order valence-corrected chi connectivity index (χ3v) is 4.54. The Morgan fingerprint density at radius 2 is 1.81 bits per heavy atom. The van der Waals surface area contributed by atoms with E-state index in [9.17, 15) is 9.59 Å². The number of nitrogens with one attached hydrogen (secondary N) is 1. The van der Waals surface area contributed by atoms with Gasteiger partial charge in [-0.05, 0) is 59.8 Å². The fourth-order valence-corrected chi connectivity index (χ4v) is 3.15. The Kier molecular flexibility index (Phi) is 5.46. The quantitative estimate of drug-likeness (QED) is 0.811. The zero-order chi connectivity index (χ0) is 19.4. The van der Waals surface area contributed by atoms with Crippen molar-refractivity contribution < 1.29 is 24.2 Å². The molecule has 0 spiro atoms. The minimum Gasteiger partial charge on any atom is -0.493 e. The average molecular weight is 384 g/mol. The maximum atomic E-state index is 11.8. The second kappa shape index (κ2) is 7.96. The van der Waals surface area contributed by atoms with Crippen molar-refractivity contribution >= 4 is 40.6 Å². The van der Waals surface area contributed by atoms with E-state index in [1.807, 2.05) is 12.1 Å². The molecule has 2 N–H and O–H groups in total. The number of hydrogen-bond acceptors (Lipinski definition) is 6. The van der Waals surface area contributed by atoms with Crippen molar-refractivity contribution in [3.05, 3.63) is 58.5 Å². The average Bonchev–Trinajstić information content (AvgIpc) is 3.00. The smallest absolute Gasteiger partial charge is 0.335 e. The van der Waals surface area contributed by atoms with E-state index in [2.05, 4.69) is 10.3 Å². The Hall–Kier alpha value is -3.26. The molecule has 0 atom stereocenters. The summed E-state index contributed by atoms with van der Waals surface area (Å²) in [5.74, 6) is 0.591. The van der Waals surface area contributed by atoms with Crippen LogP contribution in [0.1, 0.15) is 15.9 Å². The fourth-order valence-electron chi connectivity index (χ4n) is 2.41. The first-order chi connectivity index (χ1) is 13.0. The molecule has 1 aliphatic heterocycles. The zero-order valence-corrected chi connectivity index (χ0v) is 15.4. The van der Waals surface area contributed by atoms with Crippen molar-refractivity contribution in [1.82, 2.24) is 5.32 Å². The molecule has 7 nitrogen and oxygen atoms in total. The van der Waals surface area contributed by atoms with Crippen LogP contribution in [0.25, 0.3) is 6.08 Å². The second-order valence-electron chi connectivity index (χ2n) is 5.45. The Bertz CT molecular complexity index is 951. The van der Waals surface area contributed by atoms with Crippen LogP contribution in [0.4, 0.5) is 10.5 Å². The van der Waals surface area contributed by atoms with E-state index in [0.29, 0.717) is 27.9 Å². The van der Waals surface area contributed by atoms with Gasteiger partial charge in [-0.1, -0.05) is 6.07 Å².